The predicted octanol–water partition coefficient (Wildman–Crippen LogP) is 3.11. The number of amides is 1. The Morgan fingerprint density at radius 2 is 1.95 bits per heavy atom. The van der Waals surface area contributed by atoms with Crippen LogP contribution in [-0.2, 0) is 11.2 Å². The van der Waals surface area contributed by atoms with Crippen molar-refractivity contribution in [3.63, 3.8) is 0 Å². The van der Waals surface area contributed by atoms with E-state index in [0.29, 0.717) is 6.42 Å². The number of nitrogens with zero attached hydrogens (tertiary/aromatic N) is 2. The minimum absolute atomic E-state index is 0.161. The number of carbonyl (C=O) groups is 1. The molecule has 22 heavy (non-hydrogen) atoms. The maximum atomic E-state index is 12.8. The third kappa shape index (κ3) is 3.39. The summed E-state index contributed by atoms with van der Waals surface area (Å²) in [6, 6.07) is 14.7. The van der Waals surface area contributed by atoms with Crippen molar-refractivity contribution in [3.05, 3.63) is 57.8 Å². The Morgan fingerprint density at radius 3 is 2.64 bits per heavy atom. The molecule has 1 aliphatic rings. The van der Waals surface area contributed by atoms with Crippen molar-refractivity contribution >= 4 is 17.2 Å². The zero-order valence-electron chi connectivity index (χ0n) is 13.2. The summed E-state index contributed by atoms with van der Waals surface area (Å²) in [6.07, 6.45) is 0.519. The van der Waals surface area contributed by atoms with Gasteiger partial charge in [0.2, 0.25) is 5.91 Å². The summed E-state index contributed by atoms with van der Waals surface area (Å²) in [5.74, 6) is 0.240. The van der Waals surface area contributed by atoms with Gasteiger partial charge in [0.1, 0.15) is 0 Å². The Labute approximate surface area is 136 Å². The SMILES string of the molecule is Cc1ccc(CC(=O)N2CCN(C)C[C@H]2c2ccccc2)s1. The highest BCUT2D eigenvalue weighted by Crippen LogP contribution is 2.26. The molecule has 116 valence electrons. The first-order chi connectivity index (χ1) is 10.6. The van der Waals surface area contributed by atoms with Gasteiger partial charge in [-0.1, -0.05) is 30.3 Å². The van der Waals surface area contributed by atoms with Gasteiger partial charge in [0.15, 0.2) is 0 Å². The van der Waals surface area contributed by atoms with Gasteiger partial charge in [-0.2, -0.15) is 0 Å². The molecule has 3 nitrogen and oxygen atoms in total. The van der Waals surface area contributed by atoms with E-state index >= 15 is 0 Å². The molecule has 0 unspecified atom stereocenters. The zero-order valence-corrected chi connectivity index (χ0v) is 14.0. The fraction of sp³-hybridized carbons (Fsp3) is 0.389. The van der Waals surface area contributed by atoms with Gasteiger partial charge in [-0.25, -0.2) is 0 Å². The molecule has 0 bridgehead atoms. The molecular weight excluding hydrogens is 292 g/mol. The summed E-state index contributed by atoms with van der Waals surface area (Å²) in [5.41, 5.74) is 1.23. The number of thiophene rings is 1. The van der Waals surface area contributed by atoms with Crippen LogP contribution in [0.15, 0.2) is 42.5 Å². The van der Waals surface area contributed by atoms with E-state index in [1.54, 1.807) is 11.3 Å². The first-order valence-electron chi connectivity index (χ1n) is 7.72. The highest BCUT2D eigenvalue weighted by atomic mass is 32.1. The van der Waals surface area contributed by atoms with Crippen molar-refractivity contribution in [3.8, 4) is 0 Å². The van der Waals surface area contributed by atoms with Crippen LogP contribution in [0, 0.1) is 6.92 Å². The number of rotatable bonds is 3. The van der Waals surface area contributed by atoms with Crippen molar-refractivity contribution in [2.24, 2.45) is 0 Å². The van der Waals surface area contributed by atoms with Gasteiger partial charge in [-0.05, 0) is 31.7 Å². The minimum Gasteiger partial charge on any atom is -0.333 e. The molecule has 0 aliphatic carbocycles. The van der Waals surface area contributed by atoms with Crippen LogP contribution >= 0.6 is 11.3 Å². The Bertz CT molecular complexity index is 638. The molecule has 0 radical (unpaired) electrons. The van der Waals surface area contributed by atoms with Gasteiger partial charge in [0.05, 0.1) is 12.5 Å². The van der Waals surface area contributed by atoms with Gasteiger partial charge in [0, 0.05) is 29.4 Å². The molecule has 2 aromatic rings. The van der Waals surface area contributed by atoms with E-state index < -0.39 is 0 Å². The third-order valence-corrected chi connectivity index (χ3v) is 5.21. The Morgan fingerprint density at radius 1 is 1.18 bits per heavy atom. The number of likely N-dealkylation sites (N-methyl/N-ethyl adjacent to an activating group) is 1. The molecule has 1 amide bonds. The van der Waals surface area contributed by atoms with E-state index in [1.807, 2.05) is 6.07 Å². The molecule has 1 aromatic heterocycles. The minimum atomic E-state index is 0.161. The smallest absolute Gasteiger partial charge is 0.228 e. The molecule has 2 heterocycles. The van der Waals surface area contributed by atoms with Crippen molar-refractivity contribution in [2.45, 2.75) is 19.4 Å². The number of piperazine rings is 1. The van der Waals surface area contributed by atoms with Crippen LogP contribution in [0.3, 0.4) is 0 Å². The van der Waals surface area contributed by atoms with Crippen LogP contribution in [0.2, 0.25) is 0 Å². The van der Waals surface area contributed by atoms with Crippen LogP contribution in [0.4, 0.5) is 0 Å². The normalized spacial score (nSPS) is 19.4. The number of carbonyl (C=O) groups excluding carboxylic acids is 1. The largest absolute Gasteiger partial charge is 0.333 e. The van der Waals surface area contributed by atoms with E-state index in [4.69, 9.17) is 0 Å². The van der Waals surface area contributed by atoms with Crippen LogP contribution in [0.5, 0.6) is 0 Å². The Kier molecular flexibility index (Phi) is 4.60. The van der Waals surface area contributed by atoms with Gasteiger partial charge < -0.3 is 9.80 Å². The highest BCUT2D eigenvalue weighted by Gasteiger charge is 2.30. The van der Waals surface area contributed by atoms with Gasteiger partial charge in [0.25, 0.3) is 0 Å². The van der Waals surface area contributed by atoms with E-state index in [1.165, 1.54) is 10.4 Å². The number of aryl methyl sites for hydroxylation is 1. The van der Waals surface area contributed by atoms with Crippen LogP contribution in [0.1, 0.15) is 21.4 Å². The number of benzene rings is 1. The van der Waals surface area contributed by atoms with Crippen molar-refractivity contribution in [2.75, 3.05) is 26.7 Å². The van der Waals surface area contributed by atoms with Crippen LogP contribution < -0.4 is 0 Å². The summed E-state index contributed by atoms with van der Waals surface area (Å²) in [4.78, 5) is 19.6. The topological polar surface area (TPSA) is 23.6 Å². The Balaban J connectivity index is 1.78. The summed E-state index contributed by atoms with van der Waals surface area (Å²) in [6.45, 7) is 4.73. The molecule has 1 atom stereocenters. The molecule has 0 spiro atoms. The second-order valence-corrected chi connectivity index (χ2v) is 7.34. The Hall–Kier alpha value is -1.65. The number of hydrogen-bond donors (Lipinski definition) is 0. The fourth-order valence-electron chi connectivity index (χ4n) is 3.01. The maximum Gasteiger partial charge on any atom is 0.228 e. The lowest BCUT2D eigenvalue weighted by Crippen LogP contribution is -2.49. The molecule has 4 heteroatoms. The van der Waals surface area contributed by atoms with Gasteiger partial charge >= 0.3 is 0 Å². The molecular formula is C18H22N2OS. The predicted molar refractivity (Wildman–Crippen MR) is 91.2 cm³/mol. The van der Waals surface area contributed by atoms with Gasteiger partial charge in [-0.3, -0.25) is 4.79 Å². The molecule has 0 saturated carbocycles. The van der Waals surface area contributed by atoms with Crippen molar-refractivity contribution < 1.29 is 4.79 Å². The molecule has 1 saturated heterocycles. The first-order valence-corrected chi connectivity index (χ1v) is 8.53. The highest BCUT2D eigenvalue weighted by molar-refractivity contribution is 7.12. The lowest BCUT2D eigenvalue weighted by molar-refractivity contribution is -0.135. The summed E-state index contributed by atoms with van der Waals surface area (Å²) in [5, 5.41) is 0. The zero-order chi connectivity index (χ0) is 15.5. The summed E-state index contributed by atoms with van der Waals surface area (Å²) < 4.78 is 0. The fourth-order valence-corrected chi connectivity index (χ4v) is 3.89. The third-order valence-electron chi connectivity index (χ3n) is 4.21. The maximum absolute atomic E-state index is 12.8. The van der Waals surface area contributed by atoms with Crippen LogP contribution in [-0.4, -0.2) is 42.4 Å². The van der Waals surface area contributed by atoms with E-state index in [2.05, 4.69) is 60.2 Å². The lowest BCUT2D eigenvalue weighted by Gasteiger charge is -2.40. The second kappa shape index (κ2) is 6.63. The average molecular weight is 314 g/mol. The standard InChI is InChI=1S/C18H22N2OS/c1-14-8-9-16(22-14)12-18(21)20-11-10-19(2)13-17(20)15-6-4-3-5-7-15/h3-9,17H,10-13H2,1-2H3/t17-/m0/s1. The molecule has 1 aromatic carbocycles. The van der Waals surface area contributed by atoms with Crippen molar-refractivity contribution in [1.29, 1.82) is 0 Å². The average Bonchev–Trinajstić information content (AvgIpc) is 2.93. The quantitative estimate of drug-likeness (QED) is 0.869. The summed E-state index contributed by atoms with van der Waals surface area (Å²) in [7, 11) is 2.13. The lowest BCUT2D eigenvalue weighted by atomic mass is 10.0. The molecule has 0 N–H and O–H groups in total. The van der Waals surface area contributed by atoms with Crippen LogP contribution in [0.25, 0.3) is 0 Å². The molecule has 1 fully saturated rings. The second-order valence-electron chi connectivity index (χ2n) is 5.96. The number of hydrogen-bond acceptors (Lipinski definition) is 3. The monoisotopic (exact) mass is 314 g/mol. The molecule has 3 rings (SSSR count). The van der Waals surface area contributed by atoms with E-state index in [9.17, 15) is 4.79 Å². The first kappa shape index (κ1) is 15.3. The van der Waals surface area contributed by atoms with Gasteiger partial charge in [-0.15, -0.1) is 11.3 Å². The van der Waals surface area contributed by atoms with E-state index in [0.717, 1.165) is 24.5 Å². The summed E-state index contributed by atoms with van der Waals surface area (Å²) >= 11 is 1.72. The molecule has 1 aliphatic heterocycles. The van der Waals surface area contributed by atoms with Crippen molar-refractivity contribution in [1.82, 2.24) is 9.80 Å². The van der Waals surface area contributed by atoms with E-state index in [-0.39, 0.29) is 11.9 Å².